The van der Waals surface area contributed by atoms with Gasteiger partial charge in [0.05, 0.1) is 18.1 Å². The quantitative estimate of drug-likeness (QED) is 0.818. The molecule has 2 nitrogen and oxygen atoms in total. The summed E-state index contributed by atoms with van der Waals surface area (Å²) in [6.07, 6.45) is 2.43. The molecule has 1 aliphatic rings. The number of nitriles is 1. The lowest BCUT2D eigenvalue weighted by atomic mass is 9.83. The van der Waals surface area contributed by atoms with Gasteiger partial charge in [-0.3, -0.25) is 0 Å². The van der Waals surface area contributed by atoms with Crippen LogP contribution in [0.4, 0.5) is 0 Å². The predicted molar refractivity (Wildman–Crippen MR) is 86.2 cm³/mol. The standard InChI is InChI=1S/C18H16BrNO/c19-16-5-7-17(8-6-16)21-10-9-18(13-20)11-14-3-1-2-4-15(14)12-18/h1-8H,9-12H2. The smallest absolute Gasteiger partial charge is 0.119 e. The lowest BCUT2D eigenvalue weighted by Gasteiger charge is -2.20. The Bertz CT molecular complexity index is 647. The summed E-state index contributed by atoms with van der Waals surface area (Å²) in [4.78, 5) is 0. The zero-order chi connectivity index (χ0) is 14.7. The fraction of sp³-hybridized carbons (Fsp3) is 0.278. The summed E-state index contributed by atoms with van der Waals surface area (Å²) >= 11 is 3.41. The monoisotopic (exact) mass is 341 g/mol. The largest absolute Gasteiger partial charge is 0.494 e. The van der Waals surface area contributed by atoms with Gasteiger partial charge < -0.3 is 4.74 Å². The fourth-order valence-corrected chi connectivity index (χ4v) is 3.17. The van der Waals surface area contributed by atoms with Crippen LogP contribution in [-0.4, -0.2) is 6.61 Å². The van der Waals surface area contributed by atoms with Gasteiger partial charge in [0.15, 0.2) is 0 Å². The van der Waals surface area contributed by atoms with Crippen molar-refractivity contribution in [1.82, 2.24) is 0 Å². The third-order valence-electron chi connectivity index (χ3n) is 4.08. The molecule has 0 heterocycles. The van der Waals surface area contributed by atoms with Crippen LogP contribution in [0.1, 0.15) is 17.5 Å². The molecule has 0 amide bonds. The van der Waals surface area contributed by atoms with Crippen molar-refractivity contribution in [2.45, 2.75) is 19.3 Å². The molecule has 21 heavy (non-hydrogen) atoms. The third kappa shape index (κ3) is 3.11. The molecule has 3 rings (SSSR count). The third-order valence-corrected chi connectivity index (χ3v) is 4.60. The van der Waals surface area contributed by atoms with Gasteiger partial charge in [-0.1, -0.05) is 40.2 Å². The topological polar surface area (TPSA) is 33.0 Å². The van der Waals surface area contributed by atoms with Gasteiger partial charge in [0, 0.05) is 10.9 Å². The van der Waals surface area contributed by atoms with Crippen molar-refractivity contribution in [3.63, 3.8) is 0 Å². The molecule has 0 aromatic heterocycles. The molecule has 0 bridgehead atoms. The predicted octanol–water partition coefficient (Wildman–Crippen LogP) is 4.53. The molecule has 0 unspecified atom stereocenters. The van der Waals surface area contributed by atoms with E-state index in [2.05, 4.69) is 34.1 Å². The van der Waals surface area contributed by atoms with Gasteiger partial charge in [-0.05, 0) is 48.2 Å². The Morgan fingerprint density at radius 1 is 1.05 bits per heavy atom. The van der Waals surface area contributed by atoms with Crippen LogP contribution in [0.2, 0.25) is 0 Å². The maximum absolute atomic E-state index is 9.61. The maximum atomic E-state index is 9.61. The average Bonchev–Trinajstić information content (AvgIpc) is 2.88. The normalized spacial score (nSPS) is 15.2. The highest BCUT2D eigenvalue weighted by atomic mass is 79.9. The van der Waals surface area contributed by atoms with Crippen molar-refractivity contribution in [2.24, 2.45) is 5.41 Å². The number of rotatable bonds is 4. The molecule has 2 aromatic carbocycles. The number of benzene rings is 2. The van der Waals surface area contributed by atoms with E-state index in [1.54, 1.807) is 0 Å². The van der Waals surface area contributed by atoms with E-state index >= 15 is 0 Å². The Kier molecular flexibility index (Phi) is 3.98. The van der Waals surface area contributed by atoms with E-state index in [1.165, 1.54) is 11.1 Å². The highest BCUT2D eigenvalue weighted by Crippen LogP contribution is 2.39. The summed E-state index contributed by atoms with van der Waals surface area (Å²) in [6, 6.07) is 18.7. The fourth-order valence-electron chi connectivity index (χ4n) is 2.90. The Balaban J connectivity index is 1.62. The summed E-state index contributed by atoms with van der Waals surface area (Å²) < 4.78 is 6.81. The first-order valence-corrected chi connectivity index (χ1v) is 7.86. The number of nitrogens with zero attached hydrogens (tertiary/aromatic N) is 1. The van der Waals surface area contributed by atoms with Crippen molar-refractivity contribution in [1.29, 1.82) is 5.26 Å². The van der Waals surface area contributed by atoms with Crippen molar-refractivity contribution in [3.05, 3.63) is 64.1 Å². The lowest BCUT2D eigenvalue weighted by Crippen LogP contribution is -2.22. The molecule has 106 valence electrons. The second kappa shape index (κ2) is 5.91. The van der Waals surface area contributed by atoms with Gasteiger partial charge in [-0.2, -0.15) is 5.26 Å². The Hall–Kier alpha value is -1.79. The molecule has 0 fully saturated rings. The number of fused-ring (bicyclic) bond motifs is 1. The molecule has 0 N–H and O–H groups in total. The van der Waals surface area contributed by atoms with Crippen molar-refractivity contribution < 1.29 is 4.74 Å². The molecule has 0 saturated heterocycles. The lowest BCUT2D eigenvalue weighted by molar-refractivity contribution is 0.247. The summed E-state index contributed by atoms with van der Waals surface area (Å²) in [5.74, 6) is 0.849. The maximum Gasteiger partial charge on any atom is 0.119 e. The minimum atomic E-state index is -0.306. The van der Waals surface area contributed by atoms with Crippen LogP contribution < -0.4 is 4.74 Å². The van der Waals surface area contributed by atoms with Crippen LogP contribution in [0.5, 0.6) is 5.75 Å². The SMILES string of the molecule is N#CC1(CCOc2ccc(Br)cc2)Cc2ccccc2C1. The zero-order valence-corrected chi connectivity index (χ0v) is 13.3. The number of hydrogen-bond donors (Lipinski definition) is 0. The summed E-state index contributed by atoms with van der Waals surface area (Å²) in [5, 5.41) is 9.61. The van der Waals surface area contributed by atoms with Crippen LogP contribution in [0.15, 0.2) is 53.0 Å². The average molecular weight is 342 g/mol. The van der Waals surface area contributed by atoms with Gasteiger partial charge in [-0.15, -0.1) is 0 Å². The highest BCUT2D eigenvalue weighted by molar-refractivity contribution is 9.10. The molecule has 0 atom stereocenters. The first-order chi connectivity index (χ1) is 10.2. The van der Waals surface area contributed by atoms with E-state index in [9.17, 15) is 5.26 Å². The van der Waals surface area contributed by atoms with E-state index in [0.29, 0.717) is 6.61 Å². The molecule has 0 spiro atoms. The van der Waals surface area contributed by atoms with E-state index < -0.39 is 0 Å². The zero-order valence-electron chi connectivity index (χ0n) is 11.7. The Morgan fingerprint density at radius 2 is 1.67 bits per heavy atom. The van der Waals surface area contributed by atoms with E-state index in [0.717, 1.165) is 29.5 Å². The Labute approximate surface area is 133 Å². The number of halogens is 1. The van der Waals surface area contributed by atoms with E-state index in [-0.39, 0.29) is 5.41 Å². The molecule has 0 radical (unpaired) electrons. The molecule has 1 aliphatic carbocycles. The number of ether oxygens (including phenoxy) is 1. The Morgan fingerprint density at radius 3 is 2.24 bits per heavy atom. The second-order valence-electron chi connectivity index (χ2n) is 5.57. The van der Waals surface area contributed by atoms with Crippen molar-refractivity contribution in [3.8, 4) is 11.8 Å². The molecular formula is C18H16BrNO. The molecule has 0 aliphatic heterocycles. The van der Waals surface area contributed by atoms with Crippen LogP contribution in [0.25, 0.3) is 0 Å². The molecule has 3 heteroatoms. The summed E-state index contributed by atoms with van der Waals surface area (Å²) in [7, 11) is 0. The van der Waals surface area contributed by atoms with Crippen LogP contribution in [-0.2, 0) is 12.8 Å². The van der Waals surface area contributed by atoms with Gasteiger partial charge >= 0.3 is 0 Å². The van der Waals surface area contributed by atoms with Crippen LogP contribution in [0.3, 0.4) is 0 Å². The van der Waals surface area contributed by atoms with Crippen LogP contribution >= 0.6 is 15.9 Å². The van der Waals surface area contributed by atoms with Gasteiger partial charge in [0.2, 0.25) is 0 Å². The summed E-state index contributed by atoms with van der Waals surface area (Å²) in [6.45, 7) is 0.573. The highest BCUT2D eigenvalue weighted by Gasteiger charge is 2.37. The van der Waals surface area contributed by atoms with Gasteiger partial charge in [0.1, 0.15) is 5.75 Å². The van der Waals surface area contributed by atoms with Crippen molar-refractivity contribution in [2.75, 3.05) is 6.61 Å². The van der Waals surface area contributed by atoms with Crippen molar-refractivity contribution >= 4 is 15.9 Å². The van der Waals surface area contributed by atoms with Crippen LogP contribution in [0, 0.1) is 16.7 Å². The van der Waals surface area contributed by atoms with E-state index in [1.807, 2.05) is 36.4 Å². The first-order valence-electron chi connectivity index (χ1n) is 7.07. The minimum absolute atomic E-state index is 0.306. The molecule has 0 saturated carbocycles. The summed E-state index contributed by atoms with van der Waals surface area (Å²) in [5.41, 5.74) is 2.31. The van der Waals surface area contributed by atoms with Gasteiger partial charge in [0.25, 0.3) is 0 Å². The minimum Gasteiger partial charge on any atom is -0.494 e. The first kappa shape index (κ1) is 14.2. The van der Waals surface area contributed by atoms with E-state index in [4.69, 9.17) is 4.74 Å². The second-order valence-corrected chi connectivity index (χ2v) is 6.48. The number of hydrogen-bond acceptors (Lipinski definition) is 2. The van der Waals surface area contributed by atoms with Gasteiger partial charge in [-0.25, -0.2) is 0 Å². The molecule has 2 aromatic rings. The molecular weight excluding hydrogens is 326 g/mol.